The van der Waals surface area contributed by atoms with Crippen molar-refractivity contribution in [1.29, 1.82) is 0 Å². The predicted octanol–water partition coefficient (Wildman–Crippen LogP) is 16.1. The van der Waals surface area contributed by atoms with Gasteiger partial charge in [0.25, 0.3) is 0 Å². The number of hydrogen-bond acceptors (Lipinski definition) is 1. The summed E-state index contributed by atoms with van der Waals surface area (Å²) >= 11 is 0. The number of benzene rings is 10. The number of fused-ring (bicyclic) bond motifs is 4. The molecule has 0 saturated carbocycles. The van der Waals surface area contributed by atoms with Crippen LogP contribution in [0.3, 0.4) is 0 Å². The molecular formula is C58H40N2. The van der Waals surface area contributed by atoms with Crippen LogP contribution in [0.4, 0.5) is 17.1 Å². The van der Waals surface area contributed by atoms with Crippen LogP contribution in [-0.4, -0.2) is 4.57 Å². The van der Waals surface area contributed by atoms with Gasteiger partial charge >= 0.3 is 0 Å². The zero-order valence-corrected chi connectivity index (χ0v) is 33.0. The summed E-state index contributed by atoms with van der Waals surface area (Å²) in [5.74, 6) is 0. The maximum absolute atomic E-state index is 2.42. The van der Waals surface area contributed by atoms with Crippen molar-refractivity contribution in [2.45, 2.75) is 0 Å². The highest BCUT2D eigenvalue weighted by atomic mass is 15.1. The molecule has 0 N–H and O–H groups in total. The lowest BCUT2D eigenvalue weighted by Gasteiger charge is -2.29. The highest BCUT2D eigenvalue weighted by molar-refractivity contribution is 6.09. The molecule has 0 amide bonds. The number of anilines is 3. The molecule has 1 aromatic heterocycles. The first kappa shape index (κ1) is 35.2. The summed E-state index contributed by atoms with van der Waals surface area (Å²) in [6, 6.07) is 87.9. The Morgan fingerprint density at radius 3 is 1.52 bits per heavy atom. The van der Waals surface area contributed by atoms with Crippen molar-refractivity contribution in [1.82, 2.24) is 4.57 Å². The largest absolute Gasteiger partial charge is 0.310 e. The molecule has 0 aliphatic heterocycles. The molecule has 0 bridgehead atoms. The first-order chi connectivity index (χ1) is 29.8. The molecule has 0 aliphatic carbocycles. The molecule has 11 rings (SSSR count). The summed E-state index contributed by atoms with van der Waals surface area (Å²) in [6.45, 7) is 0. The smallest absolute Gasteiger partial charge is 0.0541 e. The van der Waals surface area contributed by atoms with Gasteiger partial charge in [-0.3, -0.25) is 0 Å². The SMILES string of the molecule is c1ccc(-c2ccc(N(c3ccc(-c4ccc(-n5c6ccccc6c6ccccc65)cc4)c(-c4ccccc4)c3)c3ccccc3-c3ccc4ccccc4c3)cc2)cc1. The highest BCUT2D eigenvalue weighted by Gasteiger charge is 2.20. The quantitative estimate of drug-likeness (QED) is 0.150. The lowest BCUT2D eigenvalue weighted by Crippen LogP contribution is -2.11. The third-order valence-electron chi connectivity index (χ3n) is 11.8. The molecular weight excluding hydrogens is 725 g/mol. The van der Waals surface area contributed by atoms with E-state index in [1.165, 1.54) is 77.1 Å². The van der Waals surface area contributed by atoms with E-state index in [1.54, 1.807) is 0 Å². The van der Waals surface area contributed by atoms with Gasteiger partial charge in [0.05, 0.1) is 16.7 Å². The minimum Gasteiger partial charge on any atom is -0.310 e. The van der Waals surface area contributed by atoms with Crippen LogP contribution in [0.25, 0.3) is 82.8 Å². The van der Waals surface area contributed by atoms with Crippen LogP contribution in [0.15, 0.2) is 243 Å². The van der Waals surface area contributed by atoms with E-state index in [4.69, 9.17) is 0 Å². The van der Waals surface area contributed by atoms with Gasteiger partial charge in [0, 0.05) is 33.4 Å². The number of hydrogen-bond donors (Lipinski definition) is 0. The molecule has 1 heterocycles. The van der Waals surface area contributed by atoms with E-state index >= 15 is 0 Å². The summed E-state index contributed by atoms with van der Waals surface area (Å²) in [5, 5.41) is 4.99. The van der Waals surface area contributed by atoms with Gasteiger partial charge in [-0.15, -0.1) is 0 Å². The lowest BCUT2D eigenvalue weighted by atomic mass is 9.93. The zero-order valence-electron chi connectivity index (χ0n) is 33.0. The topological polar surface area (TPSA) is 8.17 Å². The van der Waals surface area contributed by atoms with E-state index in [0.717, 1.165) is 22.7 Å². The van der Waals surface area contributed by atoms with Crippen LogP contribution in [0, 0.1) is 0 Å². The summed E-state index contributed by atoms with van der Waals surface area (Å²) in [5.41, 5.74) is 16.3. The van der Waals surface area contributed by atoms with Crippen molar-refractivity contribution in [3.63, 3.8) is 0 Å². The number of nitrogens with zero attached hydrogens (tertiary/aromatic N) is 2. The van der Waals surface area contributed by atoms with Gasteiger partial charge in [-0.05, 0) is 110 Å². The van der Waals surface area contributed by atoms with E-state index in [9.17, 15) is 0 Å². The van der Waals surface area contributed by atoms with Crippen molar-refractivity contribution in [3.05, 3.63) is 243 Å². The van der Waals surface area contributed by atoms with Crippen LogP contribution < -0.4 is 4.90 Å². The second kappa shape index (κ2) is 15.1. The minimum absolute atomic E-state index is 1.08. The maximum Gasteiger partial charge on any atom is 0.0541 e. The van der Waals surface area contributed by atoms with Gasteiger partial charge < -0.3 is 9.47 Å². The zero-order chi connectivity index (χ0) is 39.8. The fourth-order valence-electron chi connectivity index (χ4n) is 8.90. The summed E-state index contributed by atoms with van der Waals surface area (Å²) in [6.07, 6.45) is 0. The molecule has 2 nitrogen and oxygen atoms in total. The second-order valence-corrected chi connectivity index (χ2v) is 15.3. The van der Waals surface area contributed by atoms with Crippen LogP contribution in [0.5, 0.6) is 0 Å². The predicted molar refractivity (Wildman–Crippen MR) is 255 cm³/mol. The number of para-hydroxylation sites is 3. The maximum atomic E-state index is 2.42. The monoisotopic (exact) mass is 764 g/mol. The average Bonchev–Trinajstić information content (AvgIpc) is 3.67. The molecule has 0 unspecified atom stereocenters. The van der Waals surface area contributed by atoms with Crippen molar-refractivity contribution in [2.24, 2.45) is 0 Å². The Kier molecular flexibility index (Phi) is 8.87. The molecule has 10 aromatic carbocycles. The summed E-state index contributed by atoms with van der Waals surface area (Å²) in [4.78, 5) is 2.42. The third kappa shape index (κ3) is 6.32. The molecule has 2 heteroatoms. The van der Waals surface area contributed by atoms with E-state index < -0.39 is 0 Å². The molecule has 0 radical (unpaired) electrons. The fourth-order valence-corrected chi connectivity index (χ4v) is 8.90. The van der Waals surface area contributed by atoms with Crippen LogP contribution in [0.1, 0.15) is 0 Å². The number of rotatable bonds is 8. The summed E-state index contributed by atoms with van der Waals surface area (Å²) < 4.78 is 2.38. The van der Waals surface area contributed by atoms with Gasteiger partial charge in [0.1, 0.15) is 0 Å². The Morgan fingerprint density at radius 2 is 0.800 bits per heavy atom. The van der Waals surface area contributed by atoms with E-state index in [0.29, 0.717) is 0 Å². The van der Waals surface area contributed by atoms with Gasteiger partial charge in [0.2, 0.25) is 0 Å². The highest BCUT2D eigenvalue weighted by Crippen LogP contribution is 2.45. The Morgan fingerprint density at radius 1 is 0.283 bits per heavy atom. The van der Waals surface area contributed by atoms with Crippen molar-refractivity contribution >= 4 is 49.6 Å². The van der Waals surface area contributed by atoms with Crippen molar-refractivity contribution in [3.8, 4) is 50.2 Å². The normalized spacial score (nSPS) is 11.3. The van der Waals surface area contributed by atoms with E-state index in [1.807, 2.05) is 0 Å². The fraction of sp³-hybridized carbons (Fsp3) is 0. The molecule has 282 valence electrons. The third-order valence-corrected chi connectivity index (χ3v) is 11.8. The van der Waals surface area contributed by atoms with Crippen molar-refractivity contribution < 1.29 is 0 Å². The molecule has 0 atom stereocenters. The molecule has 11 aromatic rings. The standard InChI is InChI=1S/C58H40N2/c1-3-15-41(16-4-1)43-29-33-48(34-30-43)59(56-24-12-9-21-52(56)47-28-27-42-17-7-8-20-46(42)39-47)50-37-38-51(55(40-50)44-18-5-2-6-19-44)45-31-35-49(36-32-45)60-57-25-13-10-22-53(57)54-23-11-14-26-58(54)60/h1-40H. The van der Waals surface area contributed by atoms with Crippen LogP contribution in [0.2, 0.25) is 0 Å². The van der Waals surface area contributed by atoms with E-state index in [-0.39, 0.29) is 0 Å². The Hall–Kier alpha value is -7.94. The molecule has 60 heavy (non-hydrogen) atoms. The first-order valence-electron chi connectivity index (χ1n) is 20.6. The average molecular weight is 765 g/mol. The Bertz CT molecular complexity index is 3240. The van der Waals surface area contributed by atoms with Crippen LogP contribution in [-0.2, 0) is 0 Å². The Labute approximate surface area is 350 Å². The van der Waals surface area contributed by atoms with Gasteiger partial charge in [-0.25, -0.2) is 0 Å². The summed E-state index contributed by atoms with van der Waals surface area (Å²) in [7, 11) is 0. The molecule has 0 spiro atoms. The molecule has 0 saturated heterocycles. The van der Waals surface area contributed by atoms with Gasteiger partial charge in [-0.2, -0.15) is 0 Å². The minimum atomic E-state index is 1.08. The second-order valence-electron chi connectivity index (χ2n) is 15.3. The first-order valence-corrected chi connectivity index (χ1v) is 20.6. The lowest BCUT2D eigenvalue weighted by molar-refractivity contribution is 1.18. The van der Waals surface area contributed by atoms with Crippen LogP contribution >= 0.6 is 0 Å². The van der Waals surface area contributed by atoms with E-state index in [2.05, 4.69) is 252 Å². The van der Waals surface area contributed by atoms with Crippen molar-refractivity contribution in [2.75, 3.05) is 4.90 Å². The molecule has 0 fully saturated rings. The number of aromatic nitrogens is 1. The van der Waals surface area contributed by atoms with Gasteiger partial charge in [-0.1, -0.05) is 182 Å². The van der Waals surface area contributed by atoms with Gasteiger partial charge in [0.15, 0.2) is 0 Å². The molecule has 0 aliphatic rings. The Balaban J connectivity index is 1.07.